The Balaban J connectivity index is 1.76. The molecule has 0 fully saturated rings. The van der Waals surface area contributed by atoms with Crippen molar-refractivity contribution in [2.45, 2.75) is 11.5 Å². The Labute approximate surface area is 160 Å². The van der Waals surface area contributed by atoms with Crippen molar-refractivity contribution in [3.63, 3.8) is 0 Å². The molecule has 1 unspecified atom stereocenters. The summed E-state index contributed by atoms with van der Waals surface area (Å²) in [6.45, 7) is -2.94. The van der Waals surface area contributed by atoms with Crippen LogP contribution in [0.5, 0.6) is 5.75 Å². The number of rotatable bonds is 6. The van der Waals surface area contributed by atoms with Gasteiger partial charge in [-0.2, -0.15) is 8.78 Å². The Hall–Kier alpha value is -2.65. The summed E-state index contributed by atoms with van der Waals surface area (Å²) in [6, 6.07) is 12.7. The van der Waals surface area contributed by atoms with E-state index in [1.807, 2.05) is 0 Å². The molecule has 1 heterocycles. The highest BCUT2D eigenvalue weighted by molar-refractivity contribution is 7.84. The lowest BCUT2D eigenvalue weighted by Crippen LogP contribution is -2.11. The van der Waals surface area contributed by atoms with Crippen molar-refractivity contribution in [3.8, 4) is 17.0 Å². The monoisotopic (exact) mass is 408 g/mol. The molecule has 140 valence electrons. The highest BCUT2D eigenvalue weighted by atomic mass is 32.2. The van der Waals surface area contributed by atoms with Crippen LogP contribution in [0.2, 0.25) is 0 Å². The van der Waals surface area contributed by atoms with Gasteiger partial charge in [-0.15, -0.1) is 11.3 Å². The van der Waals surface area contributed by atoms with E-state index in [2.05, 4.69) is 15.0 Å². The molecule has 0 spiro atoms. The SMILES string of the molecule is CS(=O)c1ccc(C(=O)Nc2nc(-c3ccccc3OC(F)F)cs2)cc1. The minimum Gasteiger partial charge on any atom is -0.434 e. The van der Waals surface area contributed by atoms with Gasteiger partial charge in [0.05, 0.1) is 5.69 Å². The number of benzene rings is 2. The maximum atomic E-state index is 12.5. The summed E-state index contributed by atoms with van der Waals surface area (Å²) in [5.41, 5.74) is 1.22. The van der Waals surface area contributed by atoms with Gasteiger partial charge in [-0.3, -0.25) is 14.3 Å². The molecule has 1 atom stereocenters. The Bertz CT molecular complexity index is 975. The Kier molecular flexibility index (Phi) is 5.92. The minimum absolute atomic E-state index is 0.0128. The number of amides is 1. The number of anilines is 1. The van der Waals surface area contributed by atoms with E-state index in [1.54, 1.807) is 54.1 Å². The standard InChI is InChI=1S/C18H14F2N2O3S2/c1-27(24)12-8-6-11(7-9-12)16(23)22-18-21-14(10-26-18)13-4-2-3-5-15(13)25-17(19)20/h2-10,17H,1H3,(H,21,22,23). The number of nitrogens with one attached hydrogen (secondary N) is 1. The molecule has 0 saturated heterocycles. The summed E-state index contributed by atoms with van der Waals surface area (Å²) in [4.78, 5) is 17.2. The molecular formula is C18H14F2N2O3S2. The number of hydrogen-bond donors (Lipinski definition) is 1. The zero-order valence-electron chi connectivity index (χ0n) is 14.0. The van der Waals surface area contributed by atoms with Crippen molar-refractivity contribution < 1.29 is 22.5 Å². The predicted octanol–water partition coefficient (Wildman–Crippen LogP) is 4.40. The largest absolute Gasteiger partial charge is 0.434 e. The molecule has 3 rings (SSSR count). The zero-order valence-corrected chi connectivity index (χ0v) is 15.7. The van der Waals surface area contributed by atoms with Gasteiger partial charge >= 0.3 is 6.61 Å². The molecule has 0 saturated carbocycles. The van der Waals surface area contributed by atoms with Gasteiger partial charge < -0.3 is 4.74 Å². The number of para-hydroxylation sites is 1. The Morgan fingerprint density at radius 2 is 1.89 bits per heavy atom. The summed E-state index contributed by atoms with van der Waals surface area (Å²) in [5.74, 6) is -0.361. The second kappa shape index (κ2) is 8.36. The number of nitrogens with zero attached hydrogens (tertiary/aromatic N) is 1. The number of carbonyl (C=O) groups excluding carboxylic acids is 1. The van der Waals surface area contributed by atoms with E-state index in [-0.39, 0.29) is 11.7 Å². The van der Waals surface area contributed by atoms with Crippen molar-refractivity contribution in [1.29, 1.82) is 0 Å². The van der Waals surface area contributed by atoms with Gasteiger partial charge in [0.2, 0.25) is 0 Å². The number of ether oxygens (including phenoxy) is 1. The average Bonchev–Trinajstić information content (AvgIpc) is 3.10. The third kappa shape index (κ3) is 4.75. The van der Waals surface area contributed by atoms with Crippen molar-refractivity contribution in [2.24, 2.45) is 0 Å². The number of halogens is 2. The number of alkyl halides is 2. The van der Waals surface area contributed by atoms with Gasteiger partial charge in [0.1, 0.15) is 5.75 Å². The molecule has 0 bridgehead atoms. The van der Waals surface area contributed by atoms with Crippen LogP contribution < -0.4 is 10.1 Å². The zero-order chi connectivity index (χ0) is 19.4. The van der Waals surface area contributed by atoms with Crippen molar-refractivity contribution >= 4 is 33.2 Å². The van der Waals surface area contributed by atoms with Crippen LogP contribution in [0.1, 0.15) is 10.4 Å². The smallest absolute Gasteiger partial charge is 0.387 e. The summed E-state index contributed by atoms with van der Waals surface area (Å²) < 4.78 is 41.0. The number of thiazole rings is 1. The summed E-state index contributed by atoms with van der Waals surface area (Å²) >= 11 is 1.17. The first kappa shape index (κ1) is 19.1. The highest BCUT2D eigenvalue weighted by Crippen LogP contribution is 2.33. The first-order chi connectivity index (χ1) is 12.9. The fourth-order valence-corrected chi connectivity index (χ4v) is 3.52. The summed E-state index contributed by atoms with van der Waals surface area (Å²) in [5, 5.41) is 4.63. The number of hydrogen-bond acceptors (Lipinski definition) is 5. The third-order valence-corrected chi connectivity index (χ3v) is 5.25. The number of aromatic nitrogens is 1. The molecule has 1 amide bonds. The quantitative estimate of drug-likeness (QED) is 0.656. The second-order valence-corrected chi connectivity index (χ2v) is 7.58. The van der Waals surface area contributed by atoms with Gasteiger partial charge in [-0.05, 0) is 36.4 Å². The van der Waals surface area contributed by atoms with E-state index < -0.39 is 17.4 Å². The normalized spacial score (nSPS) is 12.0. The molecule has 0 aliphatic rings. The lowest BCUT2D eigenvalue weighted by atomic mass is 10.1. The van der Waals surface area contributed by atoms with Crippen molar-refractivity contribution in [2.75, 3.05) is 11.6 Å². The second-order valence-electron chi connectivity index (χ2n) is 5.35. The first-order valence-corrected chi connectivity index (χ1v) is 10.1. The molecule has 0 aliphatic carbocycles. The molecule has 27 heavy (non-hydrogen) atoms. The molecule has 5 nitrogen and oxygen atoms in total. The van der Waals surface area contributed by atoms with E-state index in [9.17, 15) is 17.8 Å². The maximum Gasteiger partial charge on any atom is 0.387 e. The molecule has 3 aromatic rings. The summed E-state index contributed by atoms with van der Waals surface area (Å²) in [7, 11) is -1.12. The highest BCUT2D eigenvalue weighted by Gasteiger charge is 2.15. The van der Waals surface area contributed by atoms with E-state index in [4.69, 9.17) is 0 Å². The molecule has 1 aromatic heterocycles. The van der Waals surface area contributed by atoms with Gasteiger partial charge in [0, 0.05) is 38.5 Å². The van der Waals surface area contributed by atoms with Crippen molar-refractivity contribution in [3.05, 3.63) is 59.5 Å². The Morgan fingerprint density at radius 1 is 1.19 bits per heavy atom. The molecular weight excluding hydrogens is 394 g/mol. The van der Waals surface area contributed by atoms with Crippen LogP contribution in [0, 0.1) is 0 Å². The minimum atomic E-state index is -2.94. The van der Waals surface area contributed by atoms with Crippen LogP contribution in [0.3, 0.4) is 0 Å². The third-order valence-electron chi connectivity index (χ3n) is 3.55. The van der Waals surface area contributed by atoms with Crippen molar-refractivity contribution in [1.82, 2.24) is 4.98 Å². The Morgan fingerprint density at radius 3 is 2.56 bits per heavy atom. The van der Waals surface area contributed by atoms with E-state index in [0.29, 0.717) is 26.8 Å². The van der Waals surface area contributed by atoms with Crippen LogP contribution >= 0.6 is 11.3 Å². The molecule has 9 heteroatoms. The fraction of sp³-hybridized carbons (Fsp3) is 0.111. The van der Waals surface area contributed by atoms with E-state index in [0.717, 1.165) is 0 Å². The molecule has 0 radical (unpaired) electrons. The summed E-state index contributed by atoms with van der Waals surface area (Å²) in [6.07, 6.45) is 1.56. The average molecular weight is 408 g/mol. The van der Waals surface area contributed by atoms with Gasteiger partial charge in [-0.1, -0.05) is 12.1 Å². The van der Waals surface area contributed by atoms with Gasteiger partial charge in [-0.25, -0.2) is 4.98 Å². The van der Waals surface area contributed by atoms with Crippen LogP contribution in [0.4, 0.5) is 13.9 Å². The van der Waals surface area contributed by atoms with Crippen LogP contribution in [-0.4, -0.2) is 28.0 Å². The molecule has 0 aliphatic heterocycles. The predicted molar refractivity (Wildman–Crippen MR) is 101 cm³/mol. The van der Waals surface area contributed by atoms with Gasteiger partial charge in [0.25, 0.3) is 5.91 Å². The number of carbonyl (C=O) groups is 1. The lowest BCUT2D eigenvalue weighted by molar-refractivity contribution is -0.0494. The maximum absolute atomic E-state index is 12.5. The first-order valence-electron chi connectivity index (χ1n) is 7.68. The lowest BCUT2D eigenvalue weighted by Gasteiger charge is -2.08. The van der Waals surface area contributed by atoms with Crippen LogP contribution in [0.25, 0.3) is 11.3 Å². The topological polar surface area (TPSA) is 68.3 Å². The van der Waals surface area contributed by atoms with E-state index in [1.165, 1.54) is 17.4 Å². The molecule has 1 N–H and O–H groups in total. The molecule has 2 aromatic carbocycles. The van der Waals surface area contributed by atoms with E-state index >= 15 is 0 Å². The van der Waals surface area contributed by atoms with Crippen LogP contribution in [0.15, 0.2) is 58.8 Å². The van der Waals surface area contributed by atoms with Gasteiger partial charge in [0.15, 0.2) is 5.13 Å². The van der Waals surface area contributed by atoms with Crippen LogP contribution in [-0.2, 0) is 10.8 Å². The fourth-order valence-electron chi connectivity index (χ4n) is 2.30.